The molecular weight excluding hydrogens is 276 g/mol. The van der Waals surface area contributed by atoms with Gasteiger partial charge in [-0.2, -0.15) is 0 Å². The highest BCUT2D eigenvalue weighted by molar-refractivity contribution is 5.85. The van der Waals surface area contributed by atoms with Crippen LogP contribution in [0.4, 0.5) is 0 Å². The first-order valence-electron chi connectivity index (χ1n) is 5.48. The minimum atomic E-state index is -0.935. The third kappa shape index (κ3) is 59.1. The number of carboxylic acids is 3. The van der Waals surface area contributed by atoms with Crippen LogP contribution in [0.3, 0.4) is 0 Å². The molecule has 0 atom stereocenters. The zero-order valence-electron chi connectivity index (χ0n) is 12.7. The summed E-state index contributed by atoms with van der Waals surface area (Å²) < 4.78 is 0. The Morgan fingerprint density at radius 2 is 1.19 bits per heavy atom. The van der Waals surface area contributed by atoms with E-state index < -0.39 is 17.9 Å². The monoisotopic (exact) mass is 298 g/mol. The van der Waals surface area contributed by atoms with E-state index in [2.05, 4.69) is 25.5 Å². The number of rotatable bonds is 3. The van der Waals surface area contributed by atoms with Gasteiger partial charge in [-0.25, -0.2) is 14.4 Å². The van der Waals surface area contributed by atoms with Crippen LogP contribution in [-0.4, -0.2) is 33.2 Å². The minimum Gasteiger partial charge on any atom is -0.478 e. The van der Waals surface area contributed by atoms with Crippen molar-refractivity contribution in [2.75, 3.05) is 0 Å². The van der Waals surface area contributed by atoms with E-state index in [1.165, 1.54) is 19.9 Å². The van der Waals surface area contributed by atoms with Crippen LogP contribution in [0.5, 0.6) is 0 Å². The summed E-state index contributed by atoms with van der Waals surface area (Å²) >= 11 is 0. The van der Waals surface area contributed by atoms with Gasteiger partial charge in [-0.15, -0.1) is 12.3 Å². The van der Waals surface area contributed by atoms with E-state index in [4.69, 9.17) is 15.3 Å². The Bertz CT molecular complexity index is 376. The summed E-state index contributed by atoms with van der Waals surface area (Å²) in [5.74, 6) is -0.512. The first kappa shape index (κ1) is 26.7. The zero-order valence-corrected chi connectivity index (χ0v) is 12.7. The van der Waals surface area contributed by atoms with Crippen molar-refractivity contribution < 1.29 is 29.7 Å². The molecule has 0 bridgehead atoms. The van der Waals surface area contributed by atoms with Gasteiger partial charge in [0.2, 0.25) is 0 Å². The minimum absolute atomic E-state index is 0.176. The van der Waals surface area contributed by atoms with Crippen molar-refractivity contribution in [3.05, 3.63) is 36.5 Å². The van der Waals surface area contributed by atoms with Crippen LogP contribution < -0.4 is 0 Å². The van der Waals surface area contributed by atoms with Crippen LogP contribution in [0.15, 0.2) is 36.5 Å². The van der Waals surface area contributed by atoms with Crippen LogP contribution in [0.25, 0.3) is 0 Å². The van der Waals surface area contributed by atoms with Crippen molar-refractivity contribution in [1.82, 2.24) is 0 Å². The standard InChI is InChI=1S/3C4H6O2.C3H4/c2*1-3(2)4(5)6;1-2-3-4(5)6;1-3-2/h2*1H2,2H3,(H,5,6);2-3H,1H3,(H,5,6);1H,2H3/b;;3-2+;. The Labute approximate surface area is 125 Å². The molecule has 0 aromatic rings. The molecule has 3 N–H and O–H groups in total. The van der Waals surface area contributed by atoms with Gasteiger partial charge in [0.05, 0.1) is 0 Å². The molecule has 0 spiro atoms. The lowest BCUT2D eigenvalue weighted by Gasteiger charge is -1.79. The third-order valence-electron chi connectivity index (χ3n) is 1.04. The molecule has 0 saturated carbocycles. The molecule has 21 heavy (non-hydrogen) atoms. The van der Waals surface area contributed by atoms with Crippen molar-refractivity contribution in [1.29, 1.82) is 0 Å². The number of terminal acetylenes is 1. The van der Waals surface area contributed by atoms with Gasteiger partial charge in [-0.1, -0.05) is 19.2 Å². The maximum Gasteiger partial charge on any atom is 0.330 e. The number of allylic oxidation sites excluding steroid dienone is 1. The maximum atomic E-state index is 9.60. The molecule has 0 amide bonds. The van der Waals surface area contributed by atoms with Crippen LogP contribution >= 0.6 is 0 Å². The van der Waals surface area contributed by atoms with E-state index in [0.717, 1.165) is 6.08 Å². The first-order valence-corrected chi connectivity index (χ1v) is 5.48. The highest BCUT2D eigenvalue weighted by atomic mass is 16.4. The Balaban J connectivity index is -0.0000000944. The molecule has 0 radical (unpaired) electrons. The maximum absolute atomic E-state index is 9.60. The number of hydrogen-bond acceptors (Lipinski definition) is 3. The van der Waals surface area contributed by atoms with E-state index >= 15 is 0 Å². The second kappa shape index (κ2) is 19.5. The van der Waals surface area contributed by atoms with Crippen molar-refractivity contribution in [3.8, 4) is 12.3 Å². The molecule has 0 aromatic heterocycles. The SMILES string of the molecule is C#CC.C/C=C/C(=O)O.C=C(C)C(=O)O.C=C(C)C(=O)O. The molecule has 0 aliphatic carbocycles. The summed E-state index contributed by atoms with van der Waals surface area (Å²) in [6, 6.07) is 0. The lowest BCUT2D eigenvalue weighted by molar-refractivity contribution is -0.133. The normalized spacial score (nSPS) is 7.38. The van der Waals surface area contributed by atoms with Crippen LogP contribution in [0.1, 0.15) is 27.7 Å². The van der Waals surface area contributed by atoms with Crippen molar-refractivity contribution >= 4 is 17.9 Å². The average Bonchev–Trinajstić information content (AvgIpc) is 2.30. The van der Waals surface area contributed by atoms with Crippen LogP contribution in [-0.2, 0) is 14.4 Å². The molecule has 0 aliphatic heterocycles. The number of hydrogen-bond donors (Lipinski definition) is 3. The topological polar surface area (TPSA) is 112 Å². The van der Waals surface area contributed by atoms with Crippen LogP contribution in [0, 0.1) is 12.3 Å². The fraction of sp³-hybridized carbons (Fsp3) is 0.267. The van der Waals surface area contributed by atoms with Crippen molar-refractivity contribution in [2.45, 2.75) is 27.7 Å². The van der Waals surface area contributed by atoms with Crippen molar-refractivity contribution in [2.24, 2.45) is 0 Å². The summed E-state index contributed by atoms with van der Waals surface area (Å²) in [4.78, 5) is 28.7. The summed E-state index contributed by atoms with van der Waals surface area (Å²) in [7, 11) is 0. The summed E-state index contributed by atoms with van der Waals surface area (Å²) in [6.07, 6.45) is 7.16. The molecule has 0 saturated heterocycles. The third-order valence-corrected chi connectivity index (χ3v) is 1.04. The van der Waals surface area contributed by atoms with E-state index in [-0.39, 0.29) is 11.1 Å². The lowest BCUT2D eigenvalue weighted by atomic mass is 10.4. The quantitative estimate of drug-likeness (QED) is 0.545. The van der Waals surface area contributed by atoms with E-state index in [1.54, 1.807) is 13.8 Å². The molecule has 118 valence electrons. The smallest absolute Gasteiger partial charge is 0.330 e. The lowest BCUT2D eigenvalue weighted by Crippen LogP contribution is -1.92. The van der Waals surface area contributed by atoms with E-state index in [9.17, 15) is 14.4 Å². The van der Waals surface area contributed by atoms with Gasteiger partial charge in [-0.3, -0.25) is 0 Å². The highest BCUT2D eigenvalue weighted by Gasteiger charge is 1.90. The molecule has 6 nitrogen and oxygen atoms in total. The highest BCUT2D eigenvalue weighted by Crippen LogP contribution is 1.81. The Morgan fingerprint density at radius 3 is 1.19 bits per heavy atom. The molecule has 0 heterocycles. The van der Waals surface area contributed by atoms with Crippen molar-refractivity contribution in [3.63, 3.8) is 0 Å². The predicted molar refractivity (Wildman–Crippen MR) is 81.9 cm³/mol. The van der Waals surface area contributed by atoms with Gasteiger partial charge in [0, 0.05) is 17.2 Å². The van der Waals surface area contributed by atoms with Gasteiger partial charge in [0.1, 0.15) is 0 Å². The first-order chi connectivity index (χ1) is 9.47. The molecule has 0 unspecified atom stereocenters. The van der Waals surface area contributed by atoms with Crippen LogP contribution in [0.2, 0.25) is 0 Å². The molecular formula is C15H22O6. The largest absolute Gasteiger partial charge is 0.478 e. The Morgan fingerprint density at radius 1 is 1.00 bits per heavy atom. The van der Waals surface area contributed by atoms with Gasteiger partial charge in [-0.05, 0) is 27.7 Å². The summed E-state index contributed by atoms with van der Waals surface area (Å²) in [5.41, 5.74) is 0.352. The second-order valence-corrected chi connectivity index (χ2v) is 3.30. The molecule has 6 heteroatoms. The Kier molecular flexibility index (Phi) is 24.8. The van der Waals surface area contributed by atoms with Gasteiger partial charge in [0.15, 0.2) is 0 Å². The summed E-state index contributed by atoms with van der Waals surface area (Å²) in [6.45, 7) is 12.5. The van der Waals surface area contributed by atoms with E-state index in [0.29, 0.717) is 0 Å². The number of carboxylic acid groups (broad SMARTS) is 3. The second-order valence-electron chi connectivity index (χ2n) is 3.30. The van der Waals surface area contributed by atoms with Gasteiger partial charge < -0.3 is 15.3 Å². The molecule has 0 aliphatic rings. The predicted octanol–water partition coefficient (Wildman–Crippen LogP) is 2.58. The fourth-order valence-electron chi connectivity index (χ4n) is 0.143. The Hall–Kier alpha value is -2.81. The van der Waals surface area contributed by atoms with E-state index in [1.807, 2.05) is 0 Å². The average molecular weight is 298 g/mol. The molecule has 0 rings (SSSR count). The zero-order chi connectivity index (χ0) is 18.0. The molecule has 0 fully saturated rings. The van der Waals surface area contributed by atoms with Gasteiger partial charge >= 0.3 is 17.9 Å². The molecule has 0 aromatic carbocycles. The number of aliphatic carboxylic acids is 3. The number of carbonyl (C=O) groups is 3. The fourth-order valence-corrected chi connectivity index (χ4v) is 0.143. The summed E-state index contributed by atoms with van der Waals surface area (Å²) in [5, 5.41) is 23.6. The van der Waals surface area contributed by atoms with Gasteiger partial charge in [0.25, 0.3) is 0 Å².